The summed E-state index contributed by atoms with van der Waals surface area (Å²) in [5.41, 5.74) is 1.97. The lowest BCUT2D eigenvalue weighted by atomic mass is 10.2. The highest BCUT2D eigenvalue weighted by Gasteiger charge is 2.37. The summed E-state index contributed by atoms with van der Waals surface area (Å²) in [6.07, 6.45) is -0.108. The van der Waals surface area contributed by atoms with Crippen molar-refractivity contribution < 1.29 is 21.6 Å². The Kier molecular flexibility index (Phi) is 5.24. The fraction of sp³-hybridized carbons (Fsp3) is 0.316. The van der Waals surface area contributed by atoms with E-state index in [4.69, 9.17) is 0 Å². The van der Waals surface area contributed by atoms with Crippen molar-refractivity contribution in [3.8, 4) is 0 Å². The Balaban J connectivity index is 2.13. The van der Waals surface area contributed by atoms with Crippen molar-refractivity contribution in [1.82, 2.24) is 0 Å². The van der Waals surface area contributed by atoms with E-state index in [-0.39, 0.29) is 29.3 Å². The smallest absolute Gasteiger partial charge is 0.264 e. The number of sulfonamides is 2. The molecular weight excluding hydrogens is 400 g/mol. The molecule has 1 fully saturated rings. The fourth-order valence-corrected chi connectivity index (χ4v) is 6.42. The van der Waals surface area contributed by atoms with Gasteiger partial charge in [0.15, 0.2) is 0 Å². The fourth-order valence-electron chi connectivity index (χ4n) is 3.25. The molecule has 0 N–H and O–H groups in total. The first kappa shape index (κ1) is 20.3. The normalized spacial score (nSPS) is 16.4. The summed E-state index contributed by atoms with van der Waals surface area (Å²) >= 11 is 0. The van der Waals surface area contributed by atoms with Crippen molar-refractivity contribution in [2.45, 2.75) is 32.1 Å². The number of carbonyl (C=O) groups is 1. The van der Waals surface area contributed by atoms with Crippen LogP contribution in [0.5, 0.6) is 0 Å². The van der Waals surface area contributed by atoms with E-state index < -0.39 is 26.0 Å². The summed E-state index contributed by atoms with van der Waals surface area (Å²) < 4.78 is 53.2. The van der Waals surface area contributed by atoms with Gasteiger partial charge in [-0.05, 0) is 56.2 Å². The molecule has 1 amide bonds. The molecule has 3 rings (SSSR count). The lowest BCUT2D eigenvalue weighted by Gasteiger charge is -2.25. The number of aryl methyl sites for hydroxylation is 2. The van der Waals surface area contributed by atoms with E-state index in [0.29, 0.717) is 15.6 Å². The molecule has 1 heterocycles. The molecule has 2 aromatic rings. The van der Waals surface area contributed by atoms with Gasteiger partial charge in [0, 0.05) is 13.0 Å². The SMILES string of the molecule is CCN(c1cccc(C)c1)S(=O)(=O)c1cc(N2C(=O)CCS2(=O)=O)ccc1C. The van der Waals surface area contributed by atoms with E-state index in [1.165, 1.54) is 22.5 Å². The van der Waals surface area contributed by atoms with Crippen LogP contribution in [0, 0.1) is 13.8 Å². The minimum atomic E-state index is -3.96. The highest BCUT2D eigenvalue weighted by atomic mass is 32.2. The maximum Gasteiger partial charge on any atom is 0.264 e. The predicted molar refractivity (Wildman–Crippen MR) is 108 cm³/mol. The summed E-state index contributed by atoms with van der Waals surface area (Å²) in [5.74, 6) is -0.829. The van der Waals surface area contributed by atoms with E-state index in [0.717, 1.165) is 5.56 Å². The number of anilines is 2. The molecule has 1 aliphatic rings. The first-order chi connectivity index (χ1) is 13.1. The molecule has 0 bridgehead atoms. The third-order valence-electron chi connectivity index (χ3n) is 4.63. The number of nitrogens with zero attached hydrogens (tertiary/aromatic N) is 2. The van der Waals surface area contributed by atoms with E-state index >= 15 is 0 Å². The zero-order valence-corrected chi connectivity index (χ0v) is 17.5. The Morgan fingerprint density at radius 2 is 1.82 bits per heavy atom. The van der Waals surface area contributed by atoms with Crippen LogP contribution in [0.4, 0.5) is 11.4 Å². The summed E-state index contributed by atoms with van der Waals surface area (Å²) in [6, 6.07) is 11.4. The minimum Gasteiger partial charge on any atom is -0.273 e. The molecule has 1 saturated heterocycles. The second-order valence-corrected chi connectivity index (χ2v) is 10.5. The van der Waals surface area contributed by atoms with Crippen molar-refractivity contribution in [3.63, 3.8) is 0 Å². The number of benzene rings is 2. The Labute approximate surface area is 165 Å². The standard InChI is InChI=1S/C19H22N2O5S2/c1-4-20(16-7-5-6-14(2)12-16)28(25,26)18-13-17(9-8-15(18)3)21-19(22)10-11-27(21,23)24/h5-9,12-13H,4,10-11H2,1-3H3. The van der Waals surface area contributed by atoms with Crippen LogP contribution in [0.25, 0.3) is 0 Å². The van der Waals surface area contributed by atoms with E-state index in [2.05, 4.69) is 0 Å². The van der Waals surface area contributed by atoms with Crippen LogP contribution in [0.1, 0.15) is 24.5 Å². The number of hydrogen-bond donors (Lipinski definition) is 0. The van der Waals surface area contributed by atoms with Crippen molar-refractivity contribution in [2.75, 3.05) is 20.9 Å². The van der Waals surface area contributed by atoms with Crippen molar-refractivity contribution >= 4 is 37.3 Å². The Morgan fingerprint density at radius 3 is 2.39 bits per heavy atom. The van der Waals surface area contributed by atoms with Gasteiger partial charge in [-0.25, -0.2) is 21.1 Å². The molecule has 150 valence electrons. The zero-order chi connectivity index (χ0) is 20.7. The lowest BCUT2D eigenvalue weighted by Crippen LogP contribution is -2.32. The quantitative estimate of drug-likeness (QED) is 0.739. The van der Waals surface area contributed by atoms with Crippen LogP contribution < -0.4 is 8.61 Å². The number of hydrogen-bond acceptors (Lipinski definition) is 5. The Hall–Kier alpha value is -2.39. The number of amides is 1. The van der Waals surface area contributed by atoms with Gasteiger partial charge in [-0.2, -0.15) is 0 Å². The molecule has 7 nitrogen and oxygen atoms in total. The van der Waals surface area contributed by atoms with Crippen molar-refractivity contribution in [1.29, 1.82) is 0 Å². The topological polar surface area (TPSA) is 91.8 Å². The van der Waals surface area contributed by atoms with Gasteiger partial charge in [0.2, 0.25) is 15.9 Å². The highest BCUT2D eigenvalue weighted by Crippen LogP contribution is 2.32. The van der Waals surface area contributed by atoms with Gasteiger partial charge in [-0.15, -0.1) is 0 Å². The minimum absolute atomic E-state index is 0.0248. The van der Waals surface area contributed by atoms with Crippen LogP contribution >= 0.6 is 0 Å². The summed E-state index contributed by atoms with van der Waals surface area (Å²) in [4.78, 5) is 12.0. The second kappa shape index (κ2) is 7.21. The Morgan fingerprint density at radius 1 is 1.11 bits per heavy atom. The molecule has 0 aromatic heterocycles. The molecular formula is C19H22N2O5S2. The summed E-state index contributed by atoms with van der Waals surface area (Å²) in [5, 5.41) is 0. The van der Waals surface area contributed by atoms with Crippen LogP contribution in [-0.4, -0.2) is 35.0 Å². The first-order valence-corrected chi connectivity index (χ1v) is 11.9. The van der Waals surface area contributed by atoms with Crippen LogP contribution in [0.15, 0.2) is 47.4 Å². The van der Waals surface area contributed by atoms with Crippen molar-refractivity contribution in [3.05, 3.63) is 53.6 Å². The molecule has 28 heavy (non-hydrogen) atoms. The zero-order valence-electron chi connectivity index (χ0n) is 15.9. The van der Waals surface area contributed by atoms with Gasteiger partial charge in [0.05, 0.1) is 22.0 Å². The molecule has 2 aromatic carbocycles. The first-order valence-electron chi connectivity index (χ1n) is 8.84. The van der Waals surface area contributed by atoms with Gasteiger partial charge >= 0.3 is 0 Å². The molecule has 9 heteroatoms. The maximum atomic E-state index is 13.4. The van der Waals surface area contributed by atoms with E-state index in [1.807, 2.05) is 13.0 Å². The Bertz CT molecular complexity index is 1140. The molecule has 0 saturated carbocycles. The van der Waals surface area contributed by atoms with Gasteiger partial charge in [0.25, 0.3) is 10.0 Å². The monoisotopic (exact) mass is 422 g/mol. The average molecular weight is 423 g/mol. The third kappa shape index (κ3) is 3.51. The number of rotatable bonds is 5. The van der Waals surface area contributed by atoms with Crippen LogP contribution in [0.2, 0.25) is 0 Å². The maximum absolute atomic E-state index is 13.4. The predicted octanol–water partition coefficient (Wildman–Crippen LogP) is 2.59. The highest BCUT2D eigenvalue weighted by molar-refractivity contribution is 7.94. The summed E-state index contributed by atoms with van der Waals surface area (Å²) in [7, 11) is -7.73. The summed E-state index contributed by atoms with van der Waals surface area (Å²) in [6.45, 7) is 5.45. The average Bonchev–Trinajstić information content (AvgIpc) is 2.89. The van der Waals surface area contributed by atoms with E-state index in [9.17, 15) is 21.6 Å². The van der Waals surface area contributed by atoms with Gasteiger partial charge in [-0.3, -0.25) is 9.10 Å². The molecule has 1 aliphatic heterocycles. The third-order valence-corrected chi connectivity index (χ3v) is 8.37. The number of carbonyl (C=O) groups excluding carboxylic acids is 1. The van der Waals surface area contributed by atoms with Gasteiger partial charge < -0.3 is 0 Å². The van der Waals surface area contributed by atoms with E-state index in [1.54, 1.807) is 32.0 Å². The van der Waals surface area contributed by atoms with Crippen LogP contribution in [-0.2, 0) is 24.8 Å². The lowest BCUT2D eigenvalue weighted by molar-refractivity contribution is -0.116. The van der Waals surface area contributed by atoms with Gasteiger partial charge in [-0.1, -0.05) is 18.2 Å². The second-order valence-electron chi connectivity index (χ2n) is 6.68. The molecule has 0 atom stereocenters. The van der Waals surface area contributed by atoms with Crippen molar-refractivity contribution in [2.24, 2.45) is 0 Å². The van der Waals surface area contributed by atoms with Gasteiger partial charge in [0.1, 0.15) is 0 Å². The van der Waals surface area contributed by atoms with Crippen LogP contribution in [0.3, 0.4) is 0 Å². The largest absolute Gasteiger partial charge is 0.273 e. The molecule has 0 unspecified atom stereocenters. The molecule has 0 spiro atoms. The molecule has 0 aliphatic carbocycles. The molecule has 0 radical (unpaired) electrons.